The molecule has 0 saturated carbocycles. The number of aryl methyl sites for hydroxylation is 1. The molecule has 0 spiro atoms. The van der Waals surface area contributed by atoms with Crippen LogP contribution >= 0.6 is 0 Å². The van der Waals surface area contributed by atoms with Crippen molar-refractivity contribution in [3.63, 3.8) is 0 Å². The first-order chi connectivity index (χ1) is 10.9. The molecule has 7 heteroatoms. The second-order valence-electron chi connectivity index (χ2n) is 5.98. The van der Waals surface area contributed by atoms with Gasteiger partial charge in [0.2, 0.25) is 10.0 Å². The summed E-state index contributed by atoms with van der Waals surface area (Å²) in [6.07, 6.45) is 1.26. The van der Waals surface area contributed by atoms with E-state index in [1.165, 1.54) is 16.1 Å². The summed E-state index contributed by atoms with van der Waals surface area (Å²) >= 11 is 0. The van der Waals surface area contributed by atoms with Gasteiger partial charge < -0.3 is 4.52 Å². The number of piperazine rings is 1. The van der Waals surface area contributed by atoms with Crippen molar-refractivity contribution in [2.45, 2.75) is 13.5 Å². The van der Waals surface area contributed by atoms with Crippen LogP contribution in [0.25, 0.3) is 11.3 Å². The van der Waals surface area contributed by atoms with Crippen LogP contribution in [-0.2, 0) is 16.6 Å². The zero-order chi connectivity index (χ0) is 16.4. The minimum atomic E-state index is -3.09. The van der Waals surface area contributed by atoms with Crippen LogP contribution in [0.1, 0.15) is 11.3 Å². The maximum Gasteiger partial charge on any atom is 0.211 e. The molecule has 0 atom stereocenters. The van der Waals surface area contributed by atoms with E-state index in [2.05, 4.69) is 10.1 Å². The number of aromatic nitrogens is 1. The maximum absolute atomic E-state index is 11.5. The van der Waals surface area contributed by atoms with Crippen LogP contribution in [0.4, 0.5) is 0 Å². The molecule has 0 N–H and O–H groups in total. The number of hydrogen-bond acceptors (Lipinski definition) is 5. The molecule has 0 unspecified atom stereocenters. The lowest BCUT2D eigenvalue weighted by atomic mass is 10.1. The predicted octanol–water partition coefficient (Wildman–Crippen LogP) is 1.73. The minimum Gasteiger partial charge on any atom is -0.359 e. The third-order valence-electron chi connectivity index (χ3n) is 4.09. The highest BCUT2D eigenvalue weighted by Gasteiger charge is 2.24. The van der Waals surface area contributed by atoms with E-state index < -0.39 is 10.0 Å². The molecule has 0 amide bonds. The average Bonchev–Trinajstić information content (AvgIpc) is 2.96. The molecular weight excluding hydrogens is 314 g/mol. The van der Waals surface area contributed by atoms with E-state index >= 15 is 0 Å². The quantitative estimate of drug-likeness (QED) is 0.851. The van der Waals surface area contributed by atoms with Gasteiger partial charge in [-0.25, -0.2) is 8.42 Å². The number of nitrogens with zero attached hydrogens (tertiary/aromatic N) is 3. The second kappa shape index (κ2) is 6.43. The lowest BCUT2D eigenvalue weighted by Gasteiger charge is -2.32. The summed E-state index contributed by atoms with van der Waals surface area (Å²) in [4.78, 5) is 2.18. The molecule has 0 radical (unpaired) electrons. The lowest BCUT2D eigenvalue weighted by Crippen LogP contribution is -2.47. The highest BCUT2D eigenvalue weighted by molar-refractivity contribution is 7.88. The predicted molar refractivity (Wildman–Crippen MR) is 88.4 cm³/mol. The van der Waals surface area contributed by atoms with E-state index in [0.717, 1.165) is 17.0 Å². The largest absolute Gasteiger partial charge is 0.359 e. The van der Waals surface area contributed by atoms with Gasteiger partial charge in [-0.15, -0.1) is 0 Å². The summed E-state index contributed by atoms with van der Waals surface area (Å²) < 4.78 is 30.0. The maximum atomic E-state index is 11.5. The fourth-order valence-corrected chi connectivity index (χ4v) is 3.51. The zero-order valence-corrected chi connectivity index (χ0v) is 14.2. The number of rotatable bonds is 4. The SMILES string of the molecule is Cc1ccc(-c2cc(CN3CCN(S(C)(=O)=O)CC3)on2)cc1. The van der Waals surface area contributed by atoms with Gasteiger partial charge in [-0.1, -0.05) is 35.0 Å². The van der Waals surface area contributed by atoms with Gasteiger partial charge in [-0.2, -0.15) is 4.31 Å². The molecule has 2 heterocycles. The molecule has 1 saturated heterocycles. The third-order valence-corrected chi connectivity index (χ3v) is 5.39. The Morgan fingerprint density at radius 1 is 1.13 bits per heavy atom. The Labute approximate surface area is 136 Å². The van der Waals surface area contributed by atoms with E-state index in [9.17, 15) is 8.42 Å². The van der Waals surface area contributed by atoms with Gasteiger partial charge in [0.05, 0.1) is 12.8 Å². The number of hydrogen-bond donors (Lipinski definition) is 0. The van der Waals surface area contributed by atoms with Gasteiger partial charge in [0.15, 0.2) is 5.76 Å². The van der Waals surface area contributed by atoms with Crippen LogP contribution in [0.2, 0.25) is 0 Å². The van der Waals surface area contributed by atoms with E-state index in [1.807, 2.05) is 37.3 Å². The van der Waals surface area contributed by atoms with E-state index in [4.69, 9.17) is 4.52 Å². The number of sulfonamides is 1. The molecule has 1 aromatic carbocycles. The smallest absolute Gasteiger partial charge is 0.211 e. The van der Waals surface area contributed by atoms with Gasteiger partial charge in [0, 0.05) is 37.8 Å². The van der Waals surface area contributed by atoms with Gasteiger partial charge in [0.1, 0.15) is 5.69 Å². The van der Waals surface area contributed by atoms with Crippen LogP contribution in [0.3, 0.4) is 0 Å². The summed E-state index contributed by atoms with van der Waals surface area (Å²) in [5.74, 6) is 0.799. The van der Waals surface area contributed by atoms with Crippen molar-refractivity contribution in [1.82, 2.24) is 14.4 Å². The zero-order valence-electron chi connectivity index (χ0n) is 13.4. The molecule has 1 aromatic heterocycles. The molecular formula is C16H21N3O3S. The van der Waals surface area contributed by atoms with Gasteiger partial charge >= 0.3 is 0 Å². The number of benzene rings is 1. The minimum absolute atomic E-state index is 0.526. The molecule has 1 fully saturated rings. The molecule has 0 bridgehead atoms. The van der Waals surface area contributed by atoms with Crippen molar-refractivity contribution in [3.05, 3.63) is 41.7 Å². The fourth-order valence-electron chi connectivity index (χ4n) is 2.69. The Balaban J connectivity index is 1.61. The van der Waals surface area contributed by atoms with Crippen LogP contribution < -0.4 is 0 Å². The van der Waals surface area contributed by atoms with Crippen molar-refractivity contribution < 1.29 is 12.9 Å². The topological polar surface area (TPSA) is 66.7 Å². The first kappa shape index (κ1) is 16.2. The standard InChI is InChI=1S/C16H21N3O3S/c1-13-3-5-14(6-4-13)16-11-15(22-17-16)12-18-7-9-19(10-8-18)23(2,20)21/h3-6,11H,7-10,12H2,1-2H3. The highest BCUT2D eigenvalue weighted by Crippen LogP contribution is 2.20. The van der Waals surface area contributed by atoms with E-state index in [0.29, 0.717) is 32.7 Å². The van der Waals surface area contributed by atoms with Gasteiger partial charge in [0.25, 0.3) is 0 Å². The molecule has 3 rings (SSSR count). The first-order valence-electron chi connectivity index (χ1n) is 7.62. The Bertz CT molecular complexity index is 760. The molecule has 0 aliphatic carbocycles. The second-order valence-corrected chi connectivity index (χ2v) is 7.97. The Morgan fingerprint density at radius 2 is 1.78 bits per heavy atom. The summed E-state index contributed by atoms with van der Waals surface area (Å²) in [5.41, 5.74) is 3.07. The summed E-state index contributed by atoms with van der Waals surface area (Å²) in [5, 5.41) is 4.13. The highest BCUT2D eigenvalue weighted by atomic mass is 32.2. The fraction of sp³-hybridized carbons (Fsp3) is 0.438. The third kappa shape index (κ3) is 3.99. The molecule has 23 heavy (non-hydrogen) atoms. The molecule has 2 aromatic rings. The van der Waals surface area contributed by atoms with Crippen molar-refractivity contribution >= 4 is 10.0 Å². The molecule has 1 aliphatic rings. The summed E-state index contributed by atoms with van der Waals surface area (Å²) in [6.45, 7) is 5.15. The van der Waals surface area contributed by atoms with Crippen molar-refractivity contribution in [2.24, 2.45) is 0 Å². The monoisotopic (exact) mass is 335 g/mol. The Kier molecular flexibility index (Phi) is 4.52. The van der Waals surface area contributed by atoms with Gasteiger partial charge in [-0.05, 0) is 6.92 Å². The lowest BCUT2D eigenvalue weighted by molar-refractivity contribution is 0.166. The summed E-state index contributed by atoms with van der Waals surface area (Å²) in [7, 11) is -3.09. The van der Waals surface area contributed by atoms with Crippen LogP contribution in [0, 0.1) is 6.92 Å². The molecule has 1 aliphatic heterocycles. The molecule has 124 valence electrons. The van der Waals surface area contributed by atoms with Crippen molar-refractivity contribution in [2.75, 3.05) is 32.4 Å². The summed E-state index contributed by atoms with van der Waals surface area (Å²) in [6, 6.07) is 10.1. The van der Waals surface area contributed by atoms with Crippen LogP contribution in [0.5, 0.6) is 0 Å². The van der Waals surface area contributed by atoms with Crippen molar-refractivity contribution in [3.8, 4) is 11.3 Å². The Morgan fingerprint density at radius 3 is 2.39 bits per heavy atom. The van der Waals surface area contributed by atoms with Crippen LogP contribution in [-0.4, -0.2) is 55.2 Å². The van der Waals surface area contributed by atoms with Crippen molar-refractivity contribution in [1.29, 1.82) is 0 Å². The first-order valence-corrected chi connectivity index (χ1v) is 9.47. The van der Waals surface area contributed by atoms with Crippen LogP contribution in [0.15, 0.2) is 34.9 Å². The molecule has 6 nitrogen and oxygen atoms in total. The Hall–Kier alpha value is -1.70. The van der Waals surface area contributed by atoms with Gasteiger partial charge in [-0.3, -0.25) is 4.90 Å². The van der Waals surface area contributed by atoms with E-state index in [1.54, 1.807) is 0 Å². The van der Waals surface area contributed by atoms with E-state index in [-0.39, 0.29) is 0 Å². The average molecular weight is 335 g/mol. The normalized spacial score (nSPS) is 17.5.